The zero-order valence-corrected chi connectivity index (χ0v) is 8.38. The van der Waals surface area contributed by atoms with Crippen LogP contribution < -0.4 is 5.32 Å². The minimum atomic E-state index is 0.595. The van der Waals surface area contributed by atoms with Gasteiger partial charge in [0, 0.05) is 12.2 Å². The standard InChI is InChI=1S/C10H13ClN2/c1-2-7-6-9(7)13-10-8(11)4-3-5-12-10/h3-5,7,9H,2,6H2,1H3,(H,12,13). The molecule has 2 nitrogen and oxygen atoms in total. The van der Waals surface area contributed by atoms with E-state index >= 15 is 0 Å². The third kappa shape index (κ3) is 1.94. The predicted molar refractivity (Wildman–Crippen MR) is 55.1 cm³/mol. The van der Waals surface area contributed by atoms with Crippen molar-refractivity contribution in [3.05, 3.63) is 23.4 Å². The van der Waals surface area contributed by atoms with Crippen LogP contribution in [-0.2, 0) is 0 Å². The van der Waals surface area contributed by atoms with Crippen molar-refractivity contribution in [3.8, 4) is 0 Å². The molecule has 0 aliphatic heterocycles. The van der Waals surface area contributed by atoms with Gasteiger partial charge in [0.05, 0.1) is 5.02 Å². The second kappa shape index (κ2) is 3.54. The monoisotopic (exact) mass is 196 g/mol. The highest BCUT2D eigenvalue weighted by molar-refractivity contribution is 6.32. The van der Waals surface area contributed by atoms with E-state index in [1.54, 1.807) is 6.20 Å². The molecule has 1 fully saturated rings. The highest BCUT2D eigenvalue weighted by Crippen LogP contribution is 2.36. The molecular formula is C10H13ClN2. The minimum Gasteiger partial charge on any atom is -0.366 e. The second-order valence-electron chi connectivity index (χ2n) is 3.49. The molecule has 2 rings (SSSR count). The molecule has 1 aliphatic carbocycles. The molecule has 0 saturated heterocycles. The molecule has 1 aromatic heterocycles. The van der Waals surface area contributed by atoms with Crippen molar-refractivity contribution in [2.24, 2.45) is 5.92 Å². The summed E-state index contributed by atoms with van der Waals surface area (Å²) >= 11 is 5.96. The van der Waals surface area contributed by atoms with Gasteiger partial charge in [0.25, 0.3) is 0 Å². The van der Waals surface area contributed by atoms with E-state index in [9.17, 15) is 0 Å². The summed E-state index contributed by atoms with van der Waals surface area (Å²) < 4.78 is 0. The van der Waals surface area contributed by atoms with E-state index < -0.39 is 0 Å². The van der Waals surface area contributed by atoms with E-state index in [0.29, 0.717) is 11.1 Å². The van der Waals surface area contributed by atoms with Crippen LogP contribution in [0.4, 0.5) is 5.82 Å². The Hall–Kier alpha value is -0.760. The third-order valence-electron chi connectivity index (χ3n) is 2.53. The highest BCUT2D eigenvalue weighted by atomic mass is 35.5. The first kappa shape index (κ1) is 8.82. The molecule has 0 amide bonds. The maximum absolute atomic E-state index is 5.96. The van der Waals surface area contributed by atoms with Crippen molar-refractivity contribution in [3.63, 3.8) is 0 Å². The van der Waals surface area contributed by atoms with Gasteiger partial charge in [0.2, 0.25) is 0 Å². The van der Waals surface area contributed by atoms with Gasteiger partial charge in [-0.15, -0.1) is 0 Å². The second-order valence-corrected chi connectivity index (χ2v) is 3.90. The molecule has 1 aliphatic rings. The van der Waals surface area contributed by atoms with Gasteiger partial charge in [-0.2, -0.15) is 0 Å². The molecule has 0 radical (unpaired) electrons. The van der Waals surface area contributed by atoms with Crippen LogP contribution in [0.5, 0.6) is 0 Å². The lowest BCUT2D eigenvalue weighted by molar-refractivity contribution is 0.773. The Bertz CT molecular complexity index is 301. The first-order valence-corrected chi connectivity index (χ1v) is 5.06. The maximum Gasteiger partial charge on any atom is 0.144 e. The quantitative estimate of drug-likeness (QED) is 0.804. The summed E-state index contributed by atoms with van der Waals surface area (Å²) in [4.78, 5) is 4.18. The average Bonchev–Trinajstić information content (AvgIpc) is 2.88. The Balaban J connectivity index is 1.99. The van der Waals surface area contributed by atoms with Crippen LogP contribution >= 0.6 is 11.6 Å². The molecule has 70 valence electrons. The van der Waals surface area contributed by atoms with Gasteiger partial charge in [0.15, 0.2) is 0 Å². The molecule has 1 aromatic rings. The summed E-state index contributed by atoms with van der Waals surface area (Å²) in [6, 6.07) is 4.30. The fourth-order valence-corrected chi connectivity index (χ4v) is 1.72. The van der Waals surface area contributed by atoms with Crippen molar-refractivity contribution in [2.75, 3.05) is 5.32 Å². The normalized spacial score (nSPS) is 25.7. The molecule has 1 saturated carbocycles. The van der Waals surface area contributed by atoms with Crippen LogP contribution in [0.15, 0.2) is 18.3 Å². The lowest BCUT2D eigenvalue weighted by atomic mass is 10.3. The Labute approximate surface area is 83.3 Å². The summed E-state index contributed by atoms with van der Waals surface area (Å²) in [6.45, 7) is 2.21. The van der Waals surface area contributed by atoms with Gasteiger partial charge in [-0.25, -0.2) is 4.98 Å². The molecule has 0 aromatic carbocycles. The van der Waals surface area contributed by atoms with Crippen molar-refractivity contribution in [1.82, 2.24) is 4.98 Å². The number of nitrogens with one attached hydrogen (secondary N) is 1. The van der Waals surface area contributed by atoms with Crippen LogP contribution in [0.3, 0.4) is 0 Å². The van der Waals surface area contributed by atoms with Crippen molar-refractivity contribution < 1.29 is 0 Å². The number of anilines is 1. The number of hydrogen-bond acceptors (Lipinski definition) is 2. The Morgan fingerprint density at radius 1 is 1.69 bits per heavy atom. The molecule has 0 spiro atoms. The number of hydrogen-bond donors (Lipinski definition) is 1. The van der Waals surface area contributed by atoms with Crippen molar-refractivity contribution in [1.29, 1.82) is 0 Å². The molecule has 1 heterocycles. The molecule has 1 N–H and O–H groups in total. The van der Waals surface area contributed by atoms with Crippen LogP contribution in [-0.4, -0.2) is 11.0 Å². The summed E-state index contributed by atoms with van der Waals surface area (Å²) in [5, 5.41) is 4.05. The Kier molecular flexibility index (Phi) is 2.40. The lowest BCUT2D eigenvalue weighted by Gasteiger charge is -2.05. The van der Waals surface area contributed by atoms with E-state index in [-0.39, 0.29) is 0 Å². The van der Waals surface area contributed by atoms with Crippen LogP contribution in [0.1, 0.15) is 19.8 Å². The maximum atomic E-state index is 5.96. The van der Waals surface area contributed by atoms with Gasteiger partial charge in [-0.3, -0.25) is 0 Å². The van der Waals surface area contributed by atoms with Gasteiger partial charge < -0.3 is 5.32 Å². The van der Waals surface area contributed by atoms with Gasteiger partial charge in [0.1, 0.15) is 5.82 Å². The molecule has 13 heavy (non-hydrogen) atoms. The fourth-order valence-electron chi connectivity index (χ4n) is 1.54. The summed E-state index contributed by atoms with van der Waals surface area (Å²) in [7, 11) is 0. The number of nitrogens with zero attached hydrogens (tertiary/aromatic N) is 1. The average molecular weight is 197 g/mol. The number of halogens is 1. The third-order valence-corrected chi connectivity index (χ3v) is 2.83. The molecule has 0 bridgehead atoms. The van der Waals surface area contributed by atoms with Gasteiger partial charge in [-0.1, -0.05) is 24.9 Å². The smallest absolute Gasteiger partial charge is 0.144 e. The van der Waals surface area contributed by atoms with Crippen molar-refractivity contribution >= 4 is 17.4 Å². The highest BCUT2D eigenvalue weighted by Gasteiger charge is 2.35. The van der Waals surface area contributed by atoms with Crippen LogP contribution in [0, 0.1) is 5.92 Å². The number of aromatic nitrogens is 1. The van der Waals surface area contributed by atoms with Crippen molar-refractivity contribution in [2.45, 2.75) is 25.8 Å². The van der Waals surface area contributed by atoms with Crippen LogP contribution in [0.25, 0.3) is 0 Å². The van der Waals surface area contributed by atoms with E-state index in [2.05, 4.69) is 17.2 Å². The fraction of sp³-hybridized carbons (Fsp3) is 0.500. The number of pyridine rings is 1. The Morgan fingerprint density at radius 2 is 2.54 bits per heavy atom. The molecule has 2 unspecified atom stereocenters. The Morgan fingerprint density at radius 3 is 3.15 bits per heavy atom. The topological polar surface area (TPSA) is 24.9 Å². The zero-order valence-electron chi connectivity index (χ0n) is 7.63. The minimum absolute atomic E-state index is 0.595. The van der Waals surface area contributed by atoms with E-state index in [0.717, 1.165) is 11.7 Å². The molecule has 3 heteroatoms. The SMILES string of the molecule is CCC1CC1Nc1ncccc1Cl. The molecule has 2 atom stereocenters. The zero-order chi connectivity index (χ0) is 9.26. The largest absolute Gasteiger partial charge is 0.366 e. The van der Waals surface area contributed by atoms with E-state index in [4.69, 9.17) is 11.6 Å². The van der Waals surface area contributed by atoms with Crippen LogP contribution in [0.2, 0.25) is 5.02 Å². The lowest BCUT2D eigenvalue weighted by Crippen LogP contribution is -2.06. The summed E-state index contributed by atoms with van der Waals surface area (Å²) in [6.07, 6.45) is 4.25. The molecular weight excluding hydrogens is 184 g/mol. The first-order chi connectivity index (χ1) is 6.31. The van der Waals surface area contributed by atoms with E-state index in [1.165, 1.54) is 12.8 Å². The first-order valence-electron chi connectivity index (χ1n) is 4.68. The van der Waals surface area contributed by atoms with Gasteiger partial charge >= 0.3 is 0 Å². The summed E-state index contributed by atoms with van der Waals surface area (Å²) in [5.41, 5.74) is 0. The predicted octanol–water partition coefficient (Wildman–Crippen LogP) is 2.95. The number of rotatable bonds is 3. The summed E-state index contributed by atoms with van der Waals surface area (Å²) in [5.74, 6) is 1.64. The van der Waals surface area contributed by atoms with E-state index in [1.807, 2.05) is 12.1 Å². The van der Waals surface area contributed by atoms with Gasteiger partial charge in [-0.05, 0) is 24.5 Å².